The third-order valence-corrected chi connectivity index (χ3v) is 3.54. The van der Waals surface area contributed by atoms with E-state index in [0.717, 1.165) is 25.0 Å². The van der Waals surface area contributed by atoms with Crippen LogP contribution in [0.5, 0.6) is 0 Å². The van der Waals surface area contributed by atoms with Gasteiger partial charge in [-0.2, -0.15) is 13.2 Å². The van der Waals surface area contributed by atoms with Gasteiger partial charge in [0, 0.05) is 14.1 Å². The molecule has 7 heteroatoms. The predicted molar refractivity (Wildman–Crippen MR) is 82.8 cm³/mol. The number of halogens is 3. The van der Waals surface area contributed by atoms with Crippen LogP contribution in [0.3, 0.4) is 0 Å². The second-order valence-electron chi connectivity index (χ2n) is 5.69. The SMILES string of the molecule is CCCCOC1OC(N(C)C)=C(c2cccc(C(F)(F)F)c2)C1=O. The molecule has 1 heterocycles. The standard InChI is InChI=1S/C17H20F3NO3/c1-4-5-9-23-16-14(22)13(15(24-16)21(2)3)11-7-6-8-12(10-11)17(18,19)20/h6-8,10,16H,4-5,9H2,1-3H3. The van der Waals surface area contributed by atoms with Gasteiger partial charge < -0.3 is 14.4 Å². The average Bonchev–Trinajstić information content (AvgIpc) is 2.84. The molecule has 1 atom stereocenters. The van der Waals surface area contributed by atoms with Gasteiger partial charge in [0.05, 0.1) is 17.7 Å². The topological polar surface area (TPSA) is 38.8 Å². The Kier molecular flexibility index (Phi) is 5.54. The van der Waals surface area contributed by atoms with E-state index in [9.17, 15) is 18.0 Å². The van der Waals surface area contributed by atoms with Crippen LogP contribution in [0.4, 0.5) is 13.2 Å². The average molecular weight is 343 g/mol. The number of hydrogen-bond acceptors (Lipinski definition) is 4. The highest BCUT2D eigenvalue weighted by molar-refractivity contribution is 6.24. The van der Waals surface area contributed by atoms with Crippen molar-refractivity contribution >= 4 is 11.4 Å². The minimum atomic E-state index is -4.48. The highest BCUT2D eigenvalue weighted by Crippen LogP contribution is 2.35. The predicted octanol–water partition coefficient (Wildman–Crippen LogP) is 3.68. The maximum absolute atomic E-state index is 12.9. The number of ether oxygens (including phenoxy) is 2. The molecule has 0 spiro atoms. The smallest absolute Gasteiger partial charge is 0.416 e. The molecule has 0 fully saturated rings. The molecule has 0 aromatic heterocycles. The fourth-order valence-corrected chi connectivity index (χ4v) is 2.33. The zero-order chi connectivity index (χ0) is 17.9. The van der Waals surface area contributed by atoms with Crippen molar-refractivity contribution in [3.63, 3.8) is 0 Å². The summed E-state index contributed by atoms with van der Waals surface area (Å²) in [4.78, 5) is 14.1. The first-order valence-electron chi connectivity index (χ1n) is 7.67. The van der Waals surface area contributed by atoms with E-state index in [0.29, 0.717) is 6.61 Å². The van der Waals surface area contributed by atoms with Crippen molar-refractivity contribution in [3.8, 4) is 0 Å². The van der Waals surface area contributed by atoms with Crippen LogP contribution >= 0.6 is 0 Å². The summed E-state index contributed by atoms with van der Waals surface area (Å²) in [5, 5.41) is 0. The van der Waals surface area contributed by atoms with Crippen LogP contribution in [-0.2, 0) is 20.4 Å². The molecule has 132 valence electrons. The number of carbonyl (C=O) groups is 1. The molecule has 24 heavy (non-hydrogen) atoms. The molecule has 1 unspecified atom stereocenters. The molecule has 0 saturated carbocycles. The first-order valence-corrected chi connectivity index (χ1v) is 7.67. The minimum Gasteiger partial charge on any atom is -0.441 e. The molecule has 1 aliphatic heterocycles. The van der Waals surface area contributed by atoms with Gasteiger partial charge in [0.25, 0.3) is 6.29 Å². The Hall–Kier alpha value is -2.02. The van der Waals surface area contributed by atoms with E-state index in [4.69, 9.17) is 9.47 Å². The van der Waals surface area contributed by atoms with Crippen LogP contribution in [0.2, 0.25) is 0 Å². The zero-order valence-corrected chi connectivity index (χ0v) is 13.8. The Labute approximate surface area is 138 Å². The Morgan fingerprint density at radius 2 is 2.00 bits per heavy atom. The second kappa shape index (κ2) is 7.25. The maximum atomic E-state index is 12.9. The third kappa shape index (κ3) is 3.90. The molecule has 1 aromatic carbocycles. The third-order valence-electron chi connectivity index (χ3n) is 3.54. The number of alkyl halides is 3. The van der Waals surface area contributed by atoms with Gasteiger partial charge in [-0.1, -0.05) is 25.5 Å². The summed E-state index contributed by atoms with van der Waals surface area (Å²) in [6.45, 7) is 2.34. The summed E-state index contributed by atoms with van der Waals surface area (Å²) in [7, 11) is 3.31. The summed E-state index contributed by atoms with van der Waals surface area (Å²) in [5.74, 6) is -0.255. The monoisotopic (exact) mass is 343 g/mol. The number of hydrogen-bond donors (Lipinski definition) is 0. The van der Waals surface area contributed by atoms with E-state index >= 15 is 0 Å². The molecule has 0 N–H and O–H groups in total. The van der Waals surface area contributed by atoms with Crippen molar-refractivity contribution in [2.45, 2.75) is 32.2 Å². The fraction of sp³-hybridized carbons (Fsp3) is 0.471. The first kappa shape index (κ1) is 18.3. The second-order valence-corrected chi connectivity index (χ2v) is 5.69. The lowest BCUT2D eigenvalue weighted by Crippen LogP contribution is -2.23. The molecule has 0 amide bonds. The molecule has 1 aliphatic rings. The first-order chi connectivity index (χ1) is 11.3. The van der Waals surface area contributed by atoms with Crippen LogP contribution in [0.1, 0.15) is 30.9 Å². The van der Waals surface area contributed by atoms with E-state index in [2.05, 4.69) is 0 Å². The van der Waals surface area contributed by atoms with Crippen LogP contribution in [0.25, 0.3) is 5.57 Å². The molecule has 0 bridgehead atoms. The van der Waals surface area contributed by atoms with Gasteiger partial charge >= 0.3 is 6.18 Å². The quantitative estimate of drug-likeness (QED) is 0.739. The van der Waals surface area contributed by atoms with E-state index in [1.165, 1.54) is 12.1 Å². The Bertz CT molecular complexity index is 638. The summed E-state index contributed by atoms with van der Waals surface area (Å²) in [5.41, 5.74) is -0.540. The Morgan fingerprint density at radius 3 is 2.58 bits per heavy atom. The Morgan fingerprint density at radius 1 is 1.29 bits per heavy atom. The van der Waals surface area contributed by atoms with Crippen LogP contribution < -0.4 is 0 Å². The number of rotatable bonds is 6. The van der Waals surface area contributed by atoms with Crippen molar-refractivity contribution in [3.05, 3.63) is 41.3 Å². The Balaban J connectivity index is 2.35. The lowest BCUT2D eigenvalue weighted by atomic mass is 10.0. The van der Waals surface area contributed by atoms with Crippen molar-refractivity contribution in [1.82, 2.24) is 4.90 Å². The molecule has 0 aliphatic carbocycles. The van der Waals surface area contributed by atoms with Gasteiger partial charge in [-0.05, 0) is 24.1 Å². The molecular weight excluding hydrogens is 323 g/mol. The molecule has 4 nitrogen and oxygen atoms in total. The molecule has 0 saturated heterocycles. The number of unbranched alkanes of at least 4 members (excludes halogenated alkanes) is 1. The summed E-state index contributed by atoms with van der Waals surface area (Å²) in [6, 6.07) is 4.66. The van der Waals surface area contributed by atoms with Crippen molar-refractivity contribution in [2.24, 2.45) is 0 Å². The van der Waals surface area contributed by atoms with Crippen molar-refractivity contribution in [1.29, 1.82) is 0 Å². The van der Waals surface area contributed by atoms with Gasteiger partial charge in [0.15, 0.2) is 0 Å². The minimum absolute atomic E-state index is 0.104. The number of benzene rings is 1. The zero-order valence-electron chi connectivity index (χ0n) is 13.8. The van der Waals surface area contributed by atoms with E-state index in [1.807, 2.05) is 6.92 Å². The lowest BCUT2D eigenvalue weighted by Gasteiger charge is -2.17. The fourth-order valence-electron chi connectivity index (χ4n) is 2.33. The largest absolute Gasteiger partial charge is 0.441 e. The normalized spacial score (nSPS) is 18.1. The summed E-state index contributed by atoms with van der Waals surface area (Å²) < 4.78 is 49.7. The molecule has 1 aromatic rings. The summed E-state index contributed by atoms with van der Waals surface area (Å²) in [6.07, 6.45) is -3.92. The van der Waals surface area contributed by atoms with E-state index in [-0.39, 0.29) is 17.0 Å². The molecule has 2 rings (SSSR count). The van der Waals surface area contributed by atoms with Gasteiger partial charge in [0.2, 0.25) is 11.7 Å². The van der Waals surface area contributed by atoms with Gasteiger partial charge in [-0.25, -0.2) is 0 Å². The number of nitrogens with zero attached hydrogens (tertiary/aromatic N) is 1. The maximum Gasteiger partial charge on any atom is 0.416 e. The van der Waals surface area contributed by atoms with E-state index in [1.54, 1.807) is 19.0 Å². The van der Waals surface area contributed by atoms with Crippen LogP contribution in [0.15, 0.2) is 30.1 Å². The van der Waals surface area contributed by atoms with Crippen molar-refractivity contribution < 1.29 is 27.4 Å². The highest BCUT2D eigenvalue weighted by Gasteiger charge is 2.39. The number of ketones is 1. The van der Waals surface area contributed by atoms with Gasteiger partial charge in [-0.3, -0.25) is 4.79 Å². The lowest BCUT2D eigenvalue weighted by molar-refractivity contribution is -0.152. The number of carbonyl (C=O) groups excluding carboxylic acids is 1. The van der Waals surface area contributed by atoms with Gasteiger partial charge in [-0.15, -0.1) is 0 Å². The van der Waals surface area contributed by atoms with Crippen molar-refractivity contribution in [2.75, 3.05) is 20.7 Å². The van der Waals surface area contributed by atoms with Gasteiger partial charge in [0.1, 0.15) is 0 Å². The molecule has 0 radical (unpaired) electrons. The van der Waals surface area contributed by atoms with Crippen LogP contribution in [0, 0.1) is 0 Å². The highest BCUT2D eigenvalue weighted by atomic mass is 19.4. The summed E-state index contributed by atoms with van der Waals surface area (Å²) >= 11 is 0. The van der Waals surface area contributed by atoms with Crippen LogP contribution in [-0.4, -0.2) is 37.7 Å². The molecular formula is C17H20F3NO3. The van der Waals surface area contributed by atoms with E-state index < -0.39 is 23.8 Å². The number of Topliss-reactive ketones (excluding diaryl/α,β-unsaturated/α-hetero) is 1.